The van der Waals surface area contributed by atoms with Gasteiger partial charge in [0.2, 0.25) is 0 Å². The Kier molecular flexibility index (Phi) is 7.11. The second-order valence-electron chi connectivity index (χ2n) is 4.72. The molecule has 0 aliphatic carbocycles. The standard InChI is InChI=1S/C15H17Br2NO3/c1-9(2)4-5-13(15(20)21-3)18-14(19)10-6-11(16)8-12(17)7-10/h4,6-8,13H,5H2,1-3H3,(H,18,19)/t13-/m1/s1. The highest BCUT2D eigenvalue weighted by Crippen LogP contribution is 2.20. The summed E-state index contributed by atoms with van der Waals surface area (Å²) < 4.78 is 6.28. The fourth-order valence-electron chi connectivity index (χ4n) is 1.64. The van der Waals surface area contributed by atoms with Crippen LogP contribution in [0.3, 0.4) is 0 Å². The molecule has 1 rings (SSSR count). The molecule has 0 aliphatic heterocycles. The second kappa shape index (κ2) is 8.34. The summed E-state index contributed by atoms with van der Waals surface area (Å²) in [4.78, 5) is 24.0. The van der Waals surface area contributed by atoms with Crippen LogP contribution >= 0.6 is 31.9 Å². The molecule has 0 spiro atoms. The summed E-state index contributed by atoms with van der Waals surface area (Å²) in [5.41, 5.74) is 1.53. The first-order chi connectivity index (χ1) is 9.83. The zero-order valence-electron chi connectivity index (χ0n) is 12.1. The fraction of sp³-hybridized carbons (Fsp3) is 0.333. The van der Waals surface area contributed by atoms with Crippen molar-refractivity contribution < 1.29 is 14.3 Å². The Morgan fingerprint density at radius 1 is 1.24 bits per heavy atom. The van der Waals surface area contributed by atoms with E-state index in [2.05, 4.69) is 37.2 Å². The average Bonchev–Trinajstić information content (AvgIpc) is 2.40. The van der Waals surface area contributed by atoms with Gasteiger partial charge in [-0.1, -0.05) is 43.5 Å². The Morgan fingerprint density at radius 3 is 2.29 bits per heavy atom. The summed E-state index contributed by atoms with van der Waals surface area (Å²) >= 11 is 6.66. The SMILES string of the molecule is COC(=O)[C@@H](CC=C(C)C)NC(=O)c1cc(Br)cc(Br)c1. The van der Waals surface area contributed by atoms with Crippen molar-refractivity contribution >= 4 is 43.7 Å². The van der Waals surface area contributed by atoms with Gasteiger partial charge in [0.25, 0.3) is 5.91 Å². The van der Waals surface area contributed by atoms with Crippen LogP contribution in [0.25, 0.3) is 0 Å². The molecule has 0 saturated carbocycles. The summed E-state index contributed by atoms with van der Waals surface area (Å²) in [5, 5.41) is 2.69. The first-order valence-electron chi connectivity index (χ1n) is 6.31. The van der Waals surface area contributed by atoms with Crippen LogP contribution in [0.4, 0.5) is 0 Å². The average molecular weight is 419 g/mol. The van der Waals surface area contributed by atoms with Gasteiger partial charge in [-0.05, 0) is 38.5 Å². The van der Waals surface area contributed by atoms with Gasteiger partial charge >= 0.3 is 5.97 Å². The molecule has 0 bridgehead atoms. The molecule has 0 heterocycles. The minimum absolute atomic E-state index is 0.324. The van der Waals surface area contributed by atoms with Crippen molar-refractivity contribution in [2.75, 3.05) is 7.11 Å². The number of rotatable bonds is 5. The molecule has 1 aromatic rings. The molecule has 0 fully saturated rings. The molecule has 0 aliphatic rings. The first kappa shape index (κ1) is 17.9. The number of hydrogen-bond donors (Lipinski definition) is 1. The zero-order valence-corrected chi connectivity index (χ0v) is 15.2. The minimum Gasteiger partial charge on any atom is -0.467 e. The van der Waals surface area contributed by atoms with E-state index in [1.165, 1.54) is 7.11 Å². The van der Waals surface area contributed by atoms with Crippen molar-refractivity contribution in [3.8, 4) is 0 Å². The number of amides is 1. The molecule has 4 nitrogen and oxygen atoms in total. The van der Waals surface area contributed by atoms with E-state index in [4.69, 9.17) is 4.74 Å². The Bertz CT molecular complexity index is 546. The Morgan fingerprint density at radius 2 is 1.81 bits per heavy atom. The van der Waals surface area contributed by atoms with Crippen molar-refractivity contribution in [1.29, 1.82) is 0 Å². The fourth-order valence-corrected chi connectivity index (χ4v) is 2.93. The maximum Gasteiger partial charge on any atom is 0.328 e. The van der Waals surface area contributed by atoms with Crippen LogP contribution in [0.5, 0.6) is 0 Å². The van der Waals surface area contributed by atoms with Gasteiger partial charge in [0.15, 0.2) is 0 Å². The monoisotopic (exact) mass is 417 g/mol. The summed E-state index contributed by atoms with van der Waals surface area (Å²) in [7, 11) is 1.31. The van der Waals surface area contributed by atoms with Crippen molar-refractivity contribution in [2.45, 2.75) is 26.3 Å². The second-order valence-corrected chi connectivity index (χ2v) is 6.56. The zero-order chi connectivity index (χ0) is 16.0. The van der Waals surface area contributed by atoms with E-state index in [1.807, 2.05) is 26.0 Å². The number of allylic oxidation sites excluding steroid dienone is 1. The lowest BCUT2D eigenvalue weighted by molar-refractivity contribution is -0.142. The summed E-state index contributed by atoms with van der Waals surface area (Å²) in [6.07, 6.45) is 2.29. The van der Waals surface area contributed by atoms with Crippen LogP contribution in [0, 0.1) is 0 Å². The molecule has 114 valence electrons. The third kappa shape index (κ3) is 6.01. The highest BCUT2D eigenvalue weighted by molar-refractivity contribution is 9.11. The van der Waals surface area contributed by atoms with Crippen LogP contribution in [-0.4, -0.2) is 25.0 Å². The maximum atomic E-state index is 12.2. The van der Waals surface area contributed by atoms with E-state index < -0.39 is 12.0 Å². The van der Waals surface area contributed by atoms with E-state index in [0.717, 1.165) is 14.5 Å². The van der Waals surface area contributed by atoms with E-state index in [-0.39, 0.29) is 5.91 Å². The highest BCUT2D eigenvalue weighted by Gasteiger charge is 2.21. The molecule has 0 radical (unpaired) electrons. The summed E-state index contributed by atoms with van der Waals surface area (Å²) in [6.45, 7) is 3.86. The predicted octanol–water partition coefficient (Wildman–Crippen LogP) is 3.84. The lowest BCUT2D eigenvalue weighted by Crippen LogP contribution is -2.41. The van der Waals surface area contributed by atoms with Crippen molar-refractivity contribution in [2.24, 2.45) is 0 Å². The van der Waals surface area contributed by atoms with Crippen LogP contribution in [-0.2, 0) is 9.53 Å². The van der Waals surface area contributed by atoms with Gasteiger partial charge in [0.05, 0.1) is 7.11 Å². The Hall–Kier alpha value is -1.14. The van der Waals surface area contributed by atoms with E-state index in [1.54, 1.807) is 12.1 Å². The maximum absolute atomic E-state index is 12.2. The number of nitrogens with one attached hydrogen (secondary N) is 1. The lowest BCUT2D eigenvalue weighted by Gasteiger charge is -2.15. The van der Waals surface area contributed by atoms with Crippen LogP contribution < -0.4 is 5.32 Å². The number of hydrogen-bond acceptors (Lipinski definition) is 3. The third-order valence-electron chi connectivity index (χ3n) is 2.68. The van der Waals surface area contributed by atoms with Gasteiger partial charge < -0.3 is 10.1 Å². The predicted molar refractivity (Wildman–Crippen MR) is 89.2 cm³/mol. The summed E-state index contributed by atoms with van der Waals surface area (Å²) in [6, 6.07) is 4.51. The molecule has 0 unspecified atom stereocenters. The molecule has 1 amide bonds. The molecule has 1 aromatic carbocycles. The molecule has 1 N–H and O–H groups in total. The van der Waals surface area contributed by atoms with Gasteiger partial charge in [-0.3, -0.25) is 4.79 Å². The molecular weight excluding hydrogens is 402 g/mol. The molecule has 6 heteroatoms. The number of methoxy groups -OCH3 is 1. The molecular formula is C15H17Br2NO3. The molecule has 0 saturated heterocycles. The number of ether oxygens (including phenoxy) is 1. The quantitative estimate of drug-likeness (QED) is 0.583. The van der Waals surface area contributed by atoms with Crippen LogP contribution in [0.1, 0.15) is 30.6 Å². The van der Waals surface area contributed by atoms with Gasteiger partial charge in [-0.2, -0.15) is 0 Å². The number of carbonyl (C=O) groups excluding carboxylic acids is 2. The molecule has 0 aromatic heterocycles. The molecule has 21 heavy (non-hydrogen) atoms. The van der Waals surface area contributed by atoms with Gasteiger partial charge in [0, 0.05) is 14.5 Å². The van der Waals surface area contributed by atoms with E-state index in [0.29, 0.717) is 12.0 Å². The van der Waals surface area contributed by atoms with Gasteiger partial charge in [0.1, 0.15) is 6.04 Å². The molecule has 1 atom stereocenters. The van der Waals surface area contributed by atoms with Gasteiger partial charge in [-0.15, -0.1) is 0 Å². The Labute approximate surface area is 141 Å². The minimum atomic E-state index is -0.699. The lowest BCUT2D eigenvalue weighted by atomic mass is 10.1. The van der Waals surface area contributed by atoms with Crippen molar-refractivity contribution in [3.63, 3.8) is 0 Å². The van der Waals surface area contributed by atoms with Crippen LogP contribution in [0.2, 0.25) is 0 Å². The smallest absolute Gasteiger partial charge is 0.328 e. The Balaban J connectivity index is 2.89. The normalized spacial score (nSPS) is 11.5. The summed E-state index contributed by atoms with van der Waals surface area (Å²) in [5.74, 6) is -0.788. The van der Waals surface area contributed by atoms with Gasteiger partial charge in [-0.25, -0.2) is 4.79 Å². The number of halogens is 2. The van der Waals surface area contributed by atoms with E-state index >= 15 is 0 Å². The number of benzene rings is 1. The van der Waals surface area contributed by atoms with E-state index in [9.17, 15) is 9.59 Å². The van der Waals surface area contributed by atoms with Crippen molar-refractivity contribution in [1.82, 2.24) is 5.32 Å². The van der Waals surface area contributed by atoms with Crippen LogP contribution in [0.15, 0.2) is 38.8 Å². The third-order valence-corrected chi connectivity index (χ3v) is 3.59. The number of carbonyl (C=O) groups is 2. The first-order valence-corrected chi connectivity index (χ1v) is 7.90. The van der Waals surface area contributed by atoms with Crippen molar-refractivity contribution in [3.05, 3.63) is 44.4 Å². The largest absolute Gasteiger partial charge is 0.467 e. The topological polar surface area (TPSA) is 55.4 Å². The highest BCUT2D eigenvalue weighted by atomic mass is 79.9. The number of esters is 1.